The zero-order valence-corrected chi connectivity index (χ0v) is 14.8. The third kappa shape index (κ3) is 4.49. The van der Waals surface area contributed by atoms with Crippen LogP contribution in [0.2, 0.25) is 0 Å². The molecule has 0 aliphatic carbocycles. The summed E-state index contributed by atoms with van der Waals surface area (Å²) in [5.74, 6) is 0.505. The Bertz CT molecular complexity index is 790. The molecule has 1 aliphatic rings. The zero-order valence-electron chi connectivity index (χ0n) is 14.0. The van der Waals surface area contributed by atoms with Gasteiger partial charge in [0.2, 0.25) is 10.0 Å². The van der Waals surface area contributed by atoms with E-state index in [2.05, 4.69) is 4.72 Å². The largest absolute Gasteiger partial charge is 0.468 e. The van der Waals surface area contributed by atoms with E-state index in [0.717, 1.165) is 38.8 Å². The molecule has 0 bridgehead atoms. The lowest BCUT2D eigenvalue weighted by Gasteiger charge is -2.20. The molecule has 0 atom stereocenters. The minimum Gasteiger partial charge on any atom is -0.468 e. The normalized spacial score (nSPS) is 15.8. The lowest BCUT2D eigenvalue weighted by molar-refractivity contribution is 0.0761. The van der Waals surface area contributed by atoms with Crippen molar-refractivity contribution in [2.75, 3.05) is 13.1 Å². The lowest BCUT2D eigenvalue weighted by atomic mass is 10.2. The van der Waals surface area contributed by atoms with Crippen molar-refractivity contribution < 1.29 is 17.6 Å². The second kappa shape index (κ2) is 7.84. The van der Waals surface area contributed by atoms with Gasteiger partial charge in [0.05, 0.1) is 17.7 Å². The van der Waals surface area contributed by atoms with E-state index >= 15 is 0 Å². The highest BCUT2D eigenvalue weighted by atomic mass is 32.2. The molecule has 2 heterocycles. The number of hydrogen-bond acceptors (Lipinski definition) is 4. The summed E-state index contributed by atoms with van der Waals surface area (Å²) >= 11 is 0. The fraction of sp³-hybridized carbons (Fsp3) is 0.389. The number of nitrogens with one attached hydrogen (secondary N) is 1. The monoisotopic (exact) mass is 362 g/mol. The van der Waals surface area contributed by atoms with Crippen LogP contribution in [0.5, 0.6) is 0 Å². The van der Waals surface area contributed by atoms with Gasteiger partial charge in [-0.15, -0.1) is 0 Å². The highest BCUT2D eigenvalue weighted by molar-refractivity contribution is 7.89. The van der Waals surface area contributed by atoms with Crippen molar-refractivity contribution >= 4 is 15.9 Å². The van der Waals surface area contributed by atoms with Crippen LogP contribution in [-0.2, 0) is 16.6 Å². The van der Waals surface area contributed by atoms with Crippen molar-refractivity contribution in [2.24, 2.45) is 0 Å². The maximum atomic E-state index is 12.5. The number of carbonyl (C=O) groups is 1. The minimum atomic E-state index is -3.64. The lowest BCUT2D eigenvalue weighted by Crippen LogP contribution is -2.31. The summed E-state index contributed by atoms with van der Waals surface area (Å²) in [6.07, 6.45) is 5.85. The molecule has 1 aromatic heterocycles. The average molecular weight is 362 g/mol. The van der Waals surface area contributed by atoms with Crippen molar-refractivity contribution in [3.05, 3.63) is 54.0 Å². The van der Waals surface area contributed by atoms with E-state index in [1.807, 2.05) is 4.90 Å². The van der Waals surface area contributed by atoms with Crippen molar-refractivity contribution in [3.63, 3.8) is 0 Å². The Morgan fingerprint density at radius 3 is 2.32 bits per heavy atom. The standard InChI is InChI=1S/C18H22N2O4S/c21-18(20-11-3-1-2-4-12-20)15-7-9-17(10-8-15)25(22,23)19-14-16-6-5-13-24-16/h5-10,13,19H,1-4,11-12,14H2. The van der Waals surface area contributed by atoms with E-state index in [4.69, 9.17) is 4.42 Å². The van der Waals surface area contributed by atoms with E-state index in [0.29, 0.717) is 11.3 Å². The zero-order chi connectivity index (χ0) is 17.7. The molecule has 0 saturated carbocycles. The van der Waals surface area contributed by atoms with Crippen LogP contribution in [0.25, 0.3) is 0 Å². The van der Waals surface area contributed by atoms with E-state index in [-0.39, 0.29) is 17.3 Å². The van der Waals surface area contributed by atoms with Crippen LogP contribution >= 0.6 is 0 Å². The summed E-state index contributed by atoms with van der Waals surface area (Å²) in [6.45, 7) is 1.62. The van der Waals surface area contributed by atoms with E-state index in [1.54, 1.807) is 24.3 Å². The van der Waals surface area contributed by atoms with Gasteiger partial charge in [-0.25, -0.2) is 13.1 Å². The molecule has 1 N–H and O–H groups in total. The fourth-order valence-electron chi connectivity index (χ4n) is 2.90. The SMILES string of the molecule is O=C(c1ccc(S(=O)(=O)NCc2ccco2)cc1)N1CCCCCC1. The molecule has 1 aliphatic heterocycles. The molecular formula is C18H22N2O4S. The molecule has 1 amide bonds. The average Bonchev–Trinajstić information content (AvgIpc) is 3.00. The number of furan rings is 1. The van der Waals surface area contributed by atoms with Crippen LogP contribution < -0.4 is 4.72 Å². The predicted molar refractivity (Wildman–Crippen MR) is 93.5 cm³/mol. The molecule has 0 radical (unpaired) electrons. The topological polar surface area (TPSA) is 79.6 Å². The van der Waals surface area contributed by atoms with Gasteiger partial charge in [-0.1, -0.05) is 12.8 Å². The second-order valence-corrected chi connectivity index (χ2v) is 7.90. The van der Waals surface area contributed by atoms with Gasteiger partial charge in [0.15, 0.2) is 0 Å². The van der Waals surface area contributed by atoms with Gasteiger partial charge in [0.25, 0.3) is 5.91 Å². The van der Waals surface area contributed by atoms with Gasteiger partial charge < -0.3 is 9.32 Å². The maximum Gasteiger partial charge on any atom is 0.253 e. The number of rotatable bonds is 5. The number of hydrogen-bond donors (Lipinski definition) is 1. The Balaban J connectivity index is 1.67. The minimum absolute atomic E-state index is 0.0330. The van der Waals surface area contributed by atoms with Crippen LogP contribution in [-0.4, -0.2) is 32.3 Å². The highest BCUT2D eigenvalue weighted by Gasteiger charge is 2.19. The van der Waals surface area contributed by atoms with Crippen LogP contribution in [0.4, 0.5) is 0 Å². The Hall–Kier alpha value is -2.12. The Morgan fingerprint density at radius 1 is 1.04 bits per heavy atom. The van der Waals surface area contributed by atoms with Gasteiger partial charge in [-0.2, -0.15) is 0 Å². The van der Waals surface area contributed by atoms with Crippen LogP contribution in [0.1, 0.15) is 41.8 Å². The number of nitrogens with zero attached hydrogens (tertiary/aromatic N) is 1. The van der Waals surface area contributed by atoms with Crippen LogP contribution in [0.3, 0.4) is 0 Å². The molecule has 1 saturated heterocycles. The summed E-state index contributed by atoms with van der Waals surface area (Å²) in [5.41, 5.74) is 0.520. The van der Waals surface area contributed by atoms with Crippen LogP contribution in [0, 0.1) is 0 Å². The third-order valence-electron chi connectivity index (χ3n) is 4.32. The Kier molecular flexibility index (Phi) is 5.55. The first kappa shape index (κ1) is 17.7. The first-order chi connectivity index (χ1) is 12.1. The molecule has 0 unspecified atom stereocenters. The molecular weight excluding hydrogens is 340 g/mol. The summed E-state index contributed by atoms with van der Waals surface area (Å²) in [7, 11) is -3.64. The van der Waals surface area contributed by atoms with E-state index < -0.39 is 10.0 Å². The first-order valence-electron chi connectivity index (χ1n) is 8.48. The number of amides is 1. The second-order valence-electron chi connectivity index (χ2n) is 6.13. The van der Waals surface area contributed by atoms with E-state index in [9.17, 15) is 13.2 Å². The van der Waals surface area contributed by atoms with E-state index in [1.165, 1.54) is 18.4 Å². The summed E-state index contributed by atoms with van der Waals surface area (Å²) in [4.78, 5) is 14.5. The van der Waals surface area contributed by atoms with Gasteiger partial charge in [0, 0.05) is 18.7 Å². The molecule has 3 rings (SSSR count). The molecule has 0 spiro atoms. The van der Waals surface area contributed by atoms with Gasteiger partial charge in [-0.05, 0) is 49.2 Å². The molecule has 1 fully saturated rings. The Morgan fingerprint density at radius 2 is 1.72 bits per heavy atom. The molecule has 7 heteroatoms. The van der Waals surface area contributed by atoms with Gasteiger partial charge >= 0.3 is 0 Å². The van der Waals surface area contributed by atoms with Crippen LogP contribution in [0.15, 0.2) is 52.0 Å². The number of benzene rings is 1. The van der Waals surface area contributed by atoms with Crippen molar-refractivity contribution in [3.8, 4) is 0 Å². The number of likely N-dealkylation sites (tertiary alicyclic amines) is 1. The van der Waals surface area contributed by atoms with Crippen molar-refractivity contribution in [1.29, 1.82) is 0 Å². The van der Waals surface area contributed by atoms with Crippen molar-refractivity contribution in [1.82, 2.24) is 9.62 Å². The molecule has 2 aromatic rings. The molecule has 6 nitrogen and oxygen atoms in total. The predicted octanol–water partition coefficient (Wildman–Crippen LogP) is 2.77. The fourth-order valence-corrected chi connectivity index (χ4v) is 3.89. The first-order valence-corrected chi connectivity index (χ1v) is 9.96. The van der Waals surface area contributed by atoms with Gasteiger partial charge in [0.1, 0.15) is 5.76 Å². The molecule has 25 heavy (non-hydrogen) atoms. The summed E-state index contributed by atoms with van der Waals surface area (Å²) in [6, 6.07) is 9.49. The quantitative estimate of drug-likeness (QED) is 0.887. The number of sulfonamides is 1. The third-order valence-corrected chi connectivity index (χ3v) is 5.74. The highest BCUT2D eigenvalue weighted by Crippen LogP contribution is 2.16. The summed E-state index contributed by atoms with van der Waals surface area (Å²) < 4.78 is 32.2. The van der Waals surface area contributed by atoms with Gasteiger partial charge in [-0.3, -0.25) is 4.79 Å². The smallest absolute Gasteiger partial charge is 0.253 e. The molecule has 134 valence electrons. The summed E-state index contributed by atoms with van der Waals surface area (Å²) in [5, 5.41) is 0. The maximum absolute atomic E-state index is 12.5. The number of carbonyl (C=O) groups excluding carboxylic acids is 1. The Labute approximate surface area is 147 Å². The van der Waals surface area contributed by atoms with Crippen molar-refractivity contribution in [2.45, 2.75) is 37.1 Å². The molecule has 1 aromatic carbocycles.